The van der Waals surface area contributed by atoms with Crippen LogP contribution in [0.2, 0.25) is 0 Å². The highest BCUT2D eigenvalue weighted by atomic mass is 32.2. The minimum absolute atomic E-state index is 0.106. The fraction of sp³-hybridized carbons (Fsp3) is 0.538. The highest BCUT2D eigenvalue weighted by Crippen LogP contribution is 2.23. The van der Waals surface area contributed by atoms with Gasteiger partial charge in [-0.05, 0) is 45.4 Å². The van der Waals surface area contributed by atoms with Crippen LogP contribution in [0, 0.1) is 5.82 Å². The molecule has 0 aliphatic heterocycles. The highest BCUT2D eigenvalue weighted by molar-refractivity contribution is 7.92. The molecule has 0 radical (unpaired) electrons. The Labute approximate surface area is 128 Å². The first-order valence-corrected chi connectivity index (χ1v) is 9.39. The monoisotopic (exact) mass is 336 g/mol. The molecule has 8 heteroatoms. The van der Waals surface area contributed by atoms with E-state index in [1.807, 2.05) is 20.8 Å². The quantitative estimate of drug-likeness (QED) is 0.809. The van der Waals surface area contributed by atoms with Crippen molar-refractivity contribution in [2.75, 3.05) is 11.0 Å². The maximum absolute atomic E-state index is 13.9. The van der Waals surface area contributed by atoms with Gasteiger partial charge in [-0.2, -0.15) is 0 Å². The molecule has 0 aliphatic carbocycles. The van der Waals surface area contributed by atoms with Crippen molar-refractivity contribution < 1.29 is 17.4 Å². The molecule has 21 heavy (non-hydrogen) atoms. The Kier molecular flexibility index (Phi) is 5.65. The van der Waals surface area contributed by atoms with Crippen LogP contribution < -0.4 is 9.44 Å². The molecule has 0 saturated heterocycles. The minimum Gasteiger partial charge on any atom is -0.598 e. The van der Waals surface area contributed by atoms with Crippen LogP contribution >= 0.6 is 0 Å². The van der Waals surface area contributed by atoms with Crippen molar-refractivity contribution in [1.29, 1.82) is 0 Å². The SMILES string of the molecule is C[C@H](N[S@@+]([O-])C(C)(C)C)c1ccc(NS(C)(=O)=O)c(F)c1. The van der Waals surface area contributed by atoms with Crippen molar-refractivity contribution in [2.24, 2.45) is 0 Å². The van der Waals surface area contributed by atoms with Crippen molar-refractivity contribution in [3.63, 3.8) is 0 Å². The van der Waals surface area contributed by atoms with Crippen LogP contribution in [0.4, 0.5) is 10.1 Å². The van der Waals surface area contributed by atoms with E-state index in [4.69, 9.17) is 0 Å². The number of rotatable bonds is 5. The van der Waals surface area contributed by atoms with Gasteiger partial charge in [0.25, 0.3) is 0 Å². The van der Waals surface area contributed by atoms with E-state index >= 15 is 0 Å². The van der Waals surface area contributed by atoms with Gasteiger partial charge in [-0.3, -0.25) is 4.72 Å². The predicted octanol–water partition coefficient (Wildman–Crippen LogP) is 2.31. The molecule has 0 saturated carbocycles. The fourth-order valence-electron chi connectivity index (χ4n) is 1.49. The van der Waals surface area contributed by atoms with E-state index < -0.39 is 31.9 Å². The number of hydrogen-bond acceptors (Lipinski definition) is 4. The van der Waals surface area contributed by atoms with Gasteiger partial charge in [0.15, 0.2) is 0 Å². The highest BCUT2D eigenvalue weighted by Gasteiger charge is 2.28. The minimum atomic E-state index is -3.53. The normalized spacial score (nSPS) is 15.6. The maximum Gasteiger partial charge on any atom is 0.229 e. The number of nitrogens with one attached hydrogen (secondary N) is 2. The summed E-state index contributed by atoms with van der Waals surface area (Å²) < 4.78 is 52.6. The molecule has 1 rings (SSSR count). The Balaban J connectivity index is 2.88. The van der Waals surface area contributed by atoms with Gasteiger partial charge in [0.05, 0.1) is 18.0 Å². The lowest BCUT2D eigenvalue weighted by Crippen LogP contribution is -2.40. The third-order valence-electron chi connectivity index (χ3n) is 2.63. The summed E-state index contributed by atoms with van der Waals surface area (Å²) in [5.41, 5.74) is 0.481. The molecule has 2 atom stereocenters. The lowest BCUT2D eigenvalue weighted by molar-refractivity contribution is 0.530. The van der Waals surface area contributed by atoms with E-state index in [9.17, 15) is 17.4 Å². The van der Waals surface area contributed by atoms with E-state index in [2.05, 4.69) is 9.44 Å². The molecular formula is C13H21FN2O3S2. The van der Waals surface area contributed by atoms with Crippen LogP contribution in [-0.4, -0.2) is 24.0 Å². The lowest BCUT2D eigenvalue weighted by atomic mass is 10.1. The smallest absolute Gasteiger partial charge is 0.229 e. The maximum atomic E-state index is 13.9. The zero-order valence-electron chi connectivity index (χ0n) is 12.7. The summed E-state index contributed by atoms with van der Waals surface area (Å²) in [6, 6.07) is 3.84. The average Bonchev–Trinajstić information content (AvgIpc) is 2.28. The van der Waals surface area contributed by atoms with Crippen molar-refractivity contribution in [3.05, 3.63) is 29.6 Å². The summed E-state index contributed by atoms with van der Waals surface area (Å²) >= 11 is -1.28. The van der Waals surface area contributed by atoms with Crippen LogP contribution in [0.25, 0.3) is 0 Å². The van der Waals surface area contributed by atoms with E-state index in [1.165, 1.54) is 12.1 Å². The molecule has 5 nitrogen and oxygen atoms in total. The number of anilines is 1. The molecule has 2 N–H and O–H groups in total. The second-order valence-corrected chi connectivity index (χ2v) is 9.58. The van der Waals surface area contributed by atoms with E-state index in [-0.39, 0.29) is 11.7 Å². The van der Waals surface area contributed by atoms with E-state index in [1.54, 1.807) is 13.0 Å². The number of hydrogen-bond donors (Lipinski definition) is 2. The Bertz CT molecular complexity index is 600. The van der Waals surface area contributed by atoms with Crippen LogP contribution in [-0.2, 0) is 21.4 Å². The average molecular weight is 336 g/mol. The van der Waals surface area contributed by atoms with E-state index in [0.29, 0.717) is 5.56 Å². The molecule has 1 aromatic carbocycles. The van der Waals surface area contributed by atoms with Gasteiger partial charge in [0.1, 0.15) is 10.6 Å². The fourth-order valence-corrected chi connectivity index (χ4v) is 2.86. The molecular weight excluding hydrogens is 315 g/mol. The van der Waals surface area contributed by atoms with Gasteiger partial charge >= 0.3 is 0 Å². The third-order valence-corrected chi connectivity index (χ3v) is 4.90. The van der Waals surface area contributed by atoms with Crippen molar-refractivity contribution in [3.8, 4) is 0 Å². The standard InChI is InChI=1S/C13H21FN2O3S2/c1-9(15-20(17)13(2,3)4)10-6-7-12(11(14)8-10)16-21(5,18)19/h6-9,15-16H,1-5H3/t9-,20-/m0/s1. The number of sulfonamides is 1. The molecule has 0 unspecified atom stereocenters. The van der Waals surface area contributed by atoms with Crippen molar-refractivity contribution in [2.45, 2.75) is 38.5 Å². The van der Waals surface area contributed by atoms with Crippen LogP contribution in [0.5, 0.6) is 0 Å². The molecule has 0 heterocycles. The second kappa shape index (κ2) is 6.51. The topological polar surface area (TPSA) is 81.3 Å². The Hall–Kier alpha value is -0.830. The first-order valence-electron chi connectivity index (χ1n) is 6.35. The zero-order valence-corrected chi connectivity index (χ0v) is 14.4. The zero-order chi connectivity index (χ0) is 16.4. The molecule has 0 bridgehead atoms. The Morgan fingerprint density at radius 2 is 1.90 bits per heavy atom. The summed E-state index contributed by atoms with van der Waals surface area (Å²) in [7, 11) is -3.53. The number of halogens is 1. The van der Waals surface area contributed by atoms with Crippen LogP contribution in [0.15, 0.2) is 18.2 Å². The Morgan fingerprint density at radius 1 is 1.33 bits per heavy atom. The molecule has 0 spiro atoms. The summed E-state index contributed by atoms with van der Waals surface area (Å²) in [6.45, 7) is 7.27. The number of benzene rings is 1. The molecule has 0 aliphatic rings. The molecule has 0 amide bonds. The van der Waals surface area contributed by atoms with E-state index in [0.717, 1.165) is 6.26 Å². The molecule has 120 valence electrons. The van der Waals surface area contributed by atoms with Crippen molar-refractivity contribution >= 4 is 27.1 Å². The summed E-state index contributed by atoms with van der Waals surface area (Å²) in [5, 5.41) is 0. The third kappa shape index (κ3) is 5.82. The van der Waals surface area contributed by atoms with Crippen molar-refractivity contribution in [1.82, 2.24) is 4.72 Å². The van der Waals surface area contributed by atoms with Gasteiger partial charge < -0.3 is 4.55 Å². The Morgan fingerprint density at radius 3 is 2.33 bits per heavy atom. The summed E-state index contributed by atoms with van der Waals surface area (Å²) in [5.74, 6) is -0.673. The lowest BCUT2D eigenvalue weighted by Gasteiger charge is -2.26. The van der Waals surface area contributed by atoms with Gasteiger partial charge in [-0.1, -0.05) is 6.07 Å². The summed E-state index contributed by atoms with van der Waals surface area (Å²) in [4.78, 5) is 0. The van der Waals surface area contributed by atoms with Gasteiger partial charge in [0.2, 0.25) is 10.0 Å². The van der Waals surface area contributed by atoms with Gasteiger partial charge in [-0.25, -0.2) is 12.8 Å². The van der Waals surface area contributed by atoms with Crippen LogP contribution in [0.3, 0.4) is 0 Å². The molecule has 0 fully saturated rings. The summed E-state index contributed by atoms with van der Waals surface area (Å²) in [6.07, 6.45) is 0.955. The molecule has 1 aromatic rings. The second-order valence-electron chi connectivity index (χ2n) is 5.83. The van der Waals surface area contributed by atoms with Gasteiger partial charge in [0, 0.05) is 11.4 Å². The first-order chi connectivity index (χ1) is 9.40. The van der Waals surface area contributed by atoms with Gasteiger partial charge in [-0.15, -0.1) is 4.72 Å². The van der Waals surface area contributed by atoms with Crippen LogP contribution in [0.1, 0.15) is 39.3 Å². The predicted molar refractivity (Wildman–Crippen MR) is 84.3 cm³/mol. The molecule has 0 aromatic heterocycles. The first kappa shape index (κ1) is 18.2. The largest absolute Gasteiger partial charge is 0.598 e.